The number of amides is 2. The summed E-state index contributed by atoms with van der Waals surface area (Å²) < 4.78 is 9.96. The van der Waals surface area contributed by atoms with E-state index in [9.17, 15) is 14.4 Å². The second kappa shape index (κ2) is 7.00. The summed E-state index contributed by atoms with van der Waals surface area (Å²) in [6, 6.07) is 6.70. The van der Waals surface area contributed by atoms with Gasteiger partial charge in [-0.25, -0.2) is 4.79 Å². The largest absolute Gasteiger partial charge is 0.465 e. The highest BCUT2D eigenvalue weighted by Crippen LogP contribution is 2.27. The first-order valence-electron chi connectivity index (χ1n) is 7.95. The molecule has 2 aliphatic heterocycles. The summed E-state index contributed by atoms with van der Waals surface area (Å²) in [5.41, 5.74) is 0.992. The number of morpholine rings is 1. The lowest BCUT2D eigenvalue weighted by Gasteiger charge is -2.29. The molecule has 7 heteroatoms. The first-order valence-corrected chi connectivity index (χ1v) is 7.95. The van der Waals surface area contributed by atoms with Crippen LogP contribution < -0.4 is 4.90 Å². The van der Waals surface area contributed by atoms with Gasteiger partial charge in [0.1, 0.15) is 0 Å². The third-order valence-corrected chi connectivity index (χ3v) is 4.38. The number of benzene rings is 1. The first kappa shape index (κ1) is 16.4. The van der Waals surface area contributed by atoms with E-state index in [-0.39, 0.29) is 24.2 Å². The van der Waals surface area contributed by atoms with E-state index in [0.29, 0.717) is 44.1 Å². The number of hydrogen-bond acceptors (Lipinski definition) is 5. The van der Waals surface area contributed by atoms with Crippen LogP contribution in [-0.2, 0) is 19.1 Å². The summed E-state index contributed by atoms with van der Waals surface area (Å²) in [5.74, 6) is -0.913. The van der Waals surface area contributed by atoms with Gasteiger partial charge in [-0.3, -0.25) is 9.59 Å². The fraction of sp³-hybridized carbons (Fsp3) is 0.471. The van der Waals surface area contributed by atoms with Gasteiger partial charge in [-0.15, -0.1) is 0 Å². The zero-order valence-electron chi connectivity index (χ0n) is 13.6. The number of anilines is 1. The minimum atomic E-state index is -0.454. The number of nitrogens with zero attached hydrogens (tertiary/aromatic N) is 2. The number of ether oxygens (including phenoxy) is 2. The highest BCUT2D eigenvalue weighted by atomic mass is 16.5. The Kier molecular flexibility index (Phi) is 4.80. The normalized spacial score (nSPS) is 21.0. The highest BCUT2D eigenvalue weighted by Gasteiger charge is 2.37. The van der Waals surface area contributed by atoms with Gasteiger partial charge in [-0.05, 0) is 18.2 Å². The molecule has 2 aliphatic rings. The van der Waals surface area contributed by atoms with Crippen molar-refractivity contribution in [1.82, 2.24) is 4.90 Å². The summed E-state index contributed by atoms with van der Waals surface area (Å²) in [7, 11) is 1.31. The lowest BCUT2D eigenvalue weighted by molar-refractivity contribution is -0.139. The standard InChI is InChI=1S/C17H20N2O5/c1-23-17(22)12-3-2-4-14(9-12)19-11-13(10-15(19)20)16(21)18-5-7-24-8-6-18/h2-4,9,13H,5-8,10-11H2,1H3. The summed E-state index contributed by atoms with van der Waals surface area (Å²) in [4.78, 5) is 39.9. The van der Waals surface area contributed by atoms with E-state index in [4.69, 9.17) is 9.47 Å². The molecular formula is C17H20N2O5. The van der Waals surface area contributed by atoms with Gasteiger partial charge in [0, 0.05) is 31.7 Å². The number of methoxy groups -OCH3 is 1. The fourth-order valence-corrected chi connectivity index (χ4v) is 3.08. The van der Waals surface area contributed by atoms with Crippen LogP contribution in [0.2, 0.25) is 0 Å². The van der Waals surface area contributed by atoms with Crippen LogP contribution in [0.1, 0.15) is 16.8 Å². The van der Waals surface area contributed by atoms with E-state index < -0.39 is 5.97 Å². The van der Waals surface area contributed by atoms with Crippen molar-refractivity contribution in [2.24, 2.45) is 5.92 Å². The van der Waals surface area contributed by atoms with Crippen molar-refractivity contribution in [3.05, 3.63) is 29.8 Å². The van der Waals surface area contributed by atoms with E-state index in [1.54, 1.807) is 34.1 Å². The Balaban J connectivity index is 1.73. The molecule has 1 aromatic carbocycles. The molecule has 0 N–H and O–H groups in total. The maximum Gasteiger partial charge on any atom is 0.337 e. The van der Waals surface area contributed by atoms with E-state index in [1.807, 2.05) is 0 Å². The molecule has 7 nitrogen and oxygen atoms in total. The highest BCUT2D eigenvalue weighted by molar-refractivity contribution is 6.01. The second-order valence-corrected chi connectivity index (χ2v) is 5.88. The Morgan fingerprint density at radius 3 is 2.71 bits per heavy atom. The van der Waals surface area contributed by atoms with E-state index in [1.165, 1.54) is 7.11 Å². The molecule has 24 heavy (non-hydrogen) atoms. The molecule has 0 saturated carbocycles. The molecule has 0 spiro atoms. The Morgan fingerprint density at radius 1 is 1.25 bits per heavy atom. The SMILES string of the molecule is COC(=O)c1cccc(N2CC(C(=O)N3CCOCC3)CC2=O)c1. The van der Waals surface area contributed by atoms with Gasteiger partial charge in [-0.2, -0.15) is 0 Å². The Labute approximate surface area is 140 Å². The first-order chi connectivity index (χ1) is 11.6. The van der Waals surface area contributed by atoms with Crippen LogP contribution in [0.3, 0.4) is 0 Å². The lowest BCUT2D eigenvalue weighted by atomic mass is 10.1. The smallest absolute Gasteiger partial charge is 0.337 e. The topological polar surface area (TPSA) is 76.2 Å². The Morgan fingerprint density at radius 2 is 2.00 bits per heavy atom. The van der Waals surface area contributed by atoms with Crippen LogP contribution in [-0.4, -0.2) is 62.6 Å². The molecule has 0 aromatic heterocycles. The number of hydrogen-bond donors (Lipinski definition) is 0. The molecule has 2 heterocycles. The summed E-state index contributed by atoms with van der Waals surface area (Å²) >= 11 is 0. The van der Waals surface area contributed by atoms with Crippen molar-refractivity contribution in [3.8, 4) is 0 Å². The van der Waals surface area contributed by atoms with Gasteiger partial charge in [0.2, 0.25) is 11.8 Å². The van der Waals surface area contributed by atoms with E-state index in [2.05, 4.69) is 0 Å². The van der Waals surface area contributed by atoms with Gasteiger partial charge in [0.05, 0.1) is 31.8 Å². The molecule has 0 radical (unpaired) electrons. The van der Waals surface area contributed by atoms with Crippen LogP contribution in [0.15, 0.2) is 24.3 Å². The molecule has 2 fully saturated rings. The average Bonchev–Trinajstić information content (AvgIpc) is 3.03. The molecule has 2 amide bonds. The third kappa shape index (κ3) is 3.26. The predicted octanol–water partition coefficient (Wildman–Crippen LogP) is 0.685. The number of esters is 1. The van der Waals surface area contributed by atoms with Crippen molar-refractivity contribution in [2.45, 2.75) is 6.42 Å². The number of rotatable bonds is 3. The third-order valence-electron chi connectivity index (χ3n) is 4.38. The maximum atomic E-state index is 12.6. The summed E-state index contributed by atoms with van der Waals surface area (Å²) in [6.45, 7) is 2.55. The molecule has 1 aromatic rings. The minimum absolute atomic E-state index is 0.00160. The molecule has 1 unspecified atom stereocenters. The number of carbonyl (C=O) groups is 3. The zero-order valence-corrected chi connectivity index (χ0v) is 13.6. The van der Waals surface area contributed by atoms with E-state index in [0.717, 1.165) is 0 Å². The zero-order chi connectivity index (χ0) is 17.1. The minimum Gasteiger partial charge on any atom is -0.465 e. The van der Waals surface area contributed by atoms with Gasteiger partial charge in [0.15, 0.2) is 0 Å². The molecule has 2 saturated heterocycles. The van der Waals surface area contributed by atoms with Crippen molar-refractivity contribution in [1.29, 1.82) is 0 Å². The van der Waals surface area contributed by atoms with Gasteiger partial charge < -0.3 is 19.3 Å². The van der Waals surface area contributed by atoms with Crippen molar-refractivity contribution in [2.75, 3.05) is 44.9 Å². The van der Waals surface area contributed by atoms with Crippen LogP contribution in [0.25, 0.3) is 0 Å². The van der Waals surface area contributed by atoms with Crippen LogP contribution in [0.4, 0.5) is 5.69 Å². The molecule has 1 atom stereocenters. The summed E-state index contributed by atoms with van der Waals surface area (Å²) in [5, 5.41) is 0. The second-order valence-electron chi connectivity index (χ2n) is 5.88. The molecule has 3 rings (SSSR count). The van der Waals surface area contributed by atoms with Crippen LogP contribution in [0.5, 0.6) is 0 Å². The Bertz CT molecular complexity index is 654. The fourth-order valence-electron chi connectivity index (χ4n) is 3.08. The van der Waals surface area contributed by atoms with Crippen molar-refractivity contribution >= 4 is 23.5 Å². The number of carbonyl (C=O) groups excluding carboxylic acids is 3. The van der Waals surface area contributed by atoms with Crippen molar-refractivity contribution < 1.29 is 23.9 Å². The van der Waals surface area contributed by atoms with Gasteiger partial charge in [-0.1, -0.05) is 6.07 Å². The molecule has 0 bridgehead atoms. The van der Waals surface area contributed by atoms with Crippen molar-refractivity contribution in [3.63, 3.8) is 0 Å². The van der Waals surface area contributed by atoms with Gasteiger partial charge >= 0.3 is 5.97 Å². The van der Waals surface area contributed by atoms with Crippen LogP contribution in [0, 0.1) is 5.92 Å². The summed E-state index contributed by atoms with van der Waals surface area (Å²) in [6.07, 6.45) is 0.193. The predicted molar refractivity (Wildman–Crippen MR) is 85.6 cm³/mol. The monoisotopic (exact) mass is 332 g/mol. The maximum absolute atomic E-state index is 12.6. The molecular weight excluding hydrogens is 312 g/mol. The Hall–Kier alpha value is -2.41. The average molecular weight is 332 g/mol. The van der Waals surface area contributed by atoms with Crippen LogP contribution >= 0.6 is 0 Å². The van der Waals surface area contributed by atoms with Gasteiger partial charge in [0.25, 0.3) is 0 Å². The quantitative estimate of drug-likeness (QED) is 0.761. The van der Waals surface area contributed by atoms with E-state index >= 15 is 0 Å². The lowest BCUT2D eigenvalue weighted by Crippen LogP contribution is -2.44. The molecule has 128 valence electrons. The molecule has 0 aliphatic carbocycles.